The van der Waals surface area contributed by atoms with Crippen molar-refractivity contribution in [1.29, 1.82) is 0 Å². The molecule has 3 N–H and O–H groups in total. The number of amides is 2. The second-order valence-corrected chi connectivity index (χ2v) is 6.43. The number of hydrogen-bond acceptors (Lipinski definition) is 5. The number of nitrogens with one attached hydrogen (secondary N) is 3. The maximum atomic E-state index is 12.4. The number of para-hydroxylation sites is 1. The van der Waals surface area contributed by atoms with Crippen molar-refractivity contribution in [3.63, 3.8) is 0 Å². The molecule has 2 aromatic carbocycles. The number of methoxy groups -OCH3 is 1. The lowest BCUT2D eigenvalue weighted by molar-refractivity contribution is 0.0947. The summed E-state index contributed by atoms with van der Waals surface area (Å²) in [7, 11) is 1.61. The molecule has 2 amide bonds. The largest absolute Gasteiger partial charge is 0.494 e. The first kappa shape index (κ1) is 22.3. The van der Waals surface area contributed by atoms with E-state index in [4.69, 9.17) is 21.7 Å². The van der Waals surface area contributed by atoms with Gasteiger partial charge in [-0.2, -0.15) is 0 Å². The van der Waals surface area contributed by atoms with Crippen LogP contribution in [0.2, 0.25) is 0 Å². The average Bonchev–Trinajstić information content (AvgIpc) is 2.72. The fourth-order valence-corrected chi connectivity index (χ4v) is 2.73. The van der Waals surface area contributed by atoms with Crippen molar-refractivity contribution < 1.29 is 19.1 Å². The van der Waals surface area contributed by atoms with E-state index < -0.39 is 0 Å². The minimum atomic E-state index is -0.370. The van der Waals surface area contributed by atoms with Gasteiger partial charge in [0, 0.05) is 25.8 Å². The summed E-state index contributed by atoms with van der Waals surface area (Å²) < 4.78 is 10.4. The molecule has 2 rings (SSSR count). The number of ether oxygens (including phenoxy) is 2. The highest BCUT2D eigenvalue weighted by Gasteiger charge is 2.13. The standard InChI is InChI=1S/C21H25N3O4S/c1-3-28-16-9-6-8-15(14-16)19(25)24-21(29)23-18-11-5-4-10-17(18)20(26)22-12-7-13-27-2/h4-6,8-11,14H,3,7,12-13H2,1-2H3,(H,22,26)(H2,23,24,25,29). The lowest BCUT2D eigenvalue weighted by Gasteiger charge is -2.14. The van der Waals surface area contributed by atoms with Crippen LogP contribution < -0.4 is 20.7 Å². The third-order valence-electron chi connectivity index (χ3n) is 3.86. The smallest absolute Gasteiger partial charge is 0.257 e. The van der Waals surface area contributed by atoms with E-state index in [1.54, 1.807) is 55.6 Å². The Kier molecular flexibility index (Phi) is 9.07. The molecule has 0 saturated heterocycles. The SMILES string of the molecule is CCOc1cccc(C(=O)NC(=S)Nc2ccccc2C(=O)NCCCOC)c1. The van der Waals surface area contributed by atoms with Crippen LogP contribution in [0.15, 0.2) is 48.5 Å². The number of anilines is 1. The van der Waals surface area contributed by atoms with Gasteiger partial charge in [0.2, 0.25) is 0 Å². The van der Waals surface area contributed by atoms with E-state index in [-0.39, 0.29) is 16.9 Å². The highest BCUT2D eigenvalue weighted by atomic mass is 32.1. The van der Waals surface area contributed by atoms with Crippen LogP contribution in [0.5, 0.6) is 5.75 Å². The van der Waals surface area contributed by atoms with Gasteiger partial charge in [-0.3, -0.25) is 14.9 Å². The Morgan fingerprint density at radius 1 is 1.07 bits per heavy atom. The van der Waals surface area contributed by atoms with E-state index in [0.29, 0.717) is 48.7 Å². The Labute approximate surface area is 175 Å². The molecule has 0 heterocycles. The molecule has 2 aromatic rings. The van der Waals surface area contributed by atoms with Crippen molar-refractivity contribution in [1.82, 2.24) is 10.6 Å². The van der Waals surface area contributed by atoms with Crippen LogP contribution >= 0.6 is 12.2 Å². The fraction of sp³-hybridized carbons (Fsp3) is 0.286. The van der Waals surface area contributed by atoms with Gasteiger partial charge >= 0.3 is 0 Å². The summed E-state index contributed by atoms with van der Waals surface area (Å²) in [5.74, 6) is 0.00261. The first-order chi connectivity index (χ1) is 14.0. The van der Waals surface area contributed by atoms with Gasteiger partial charge in [0.25, 0.3) is 11.8 Å². The Bertz CT molecular complexity index is 857. The lowest BCUT2D eigenvalue weighted by atomic mass is 10.1. The lowest BCUT2D eigenvalue weighted by Crippen LogP contribution is -2.35. The van der Waals surface area contributed by atoms with Crippen molar-refractivity contribution in [2.24, 2.45) is 0 Å². The number of carbonyl (C=O) groups excluding carboxylic acids is 2. The van der Waals surface area contributed by atoms with Crippen LogP contribution in [0.1, 0.15) is 34.1 Å². The first-order valence-corrected chi connectivity index (χ1v) is 9.67. The molecular formula is C21H25N3O4S. The molecule has 0 saturated carbocycles. The van der Waals surface area contributed by atoms with Crippen LogP contribution in [0.3, 0.4) is 0 Å². The molecule has 8 heteroatoms. The summed E-state index contributed by atoms with van der Waals surface area (Å²) in [6.45, 7) is 3.45. The van der Waals surface area contributed by atoms with Crippen LogP contribution in [0, 0.1) is 0 Å². The van der Waals surface area contributed by atoms with Crippen LogP contribution in [-0.2, 0) is 4.74 Å². The monoisotopic (exact) mass is 415 g/mol. The van der Waals surface area contributed by atoms with Gasteiger partial charge in [0.1, 0.15) is 5.75 Å². The molecule has 7 nitrogen and oxygen atoms in total. The average molecular weight is 416 g/mol. The highest BCUT2D eigenvalue weighted by molar-refractivity contribution is 7.80. The molecule has 0 unspecified atom stereocenters. The molecule has 154 valence electrons. The molecule has 0 bridgehead atoms. The van der Waals surface area contributed by atoms with E-state index in [1.807, 2.05) is 6.92 Å². The van der Waals surface area contributed by atoms with Crippen LogP contribution in [0.4, 0.5) is 5.69 Å². The van der Waals surface area contributed by atoms with Gasteiger partial charge in [-0.15, -0.1) is 0 Å². The zero-order valence-corrected chi connectivity index (χ0v) is 17.3. The quantitative estimate of drug-likeness (QED) is 0.431. The van der Waals surface area contributed by atoms with Crippen molar-refractivity contribution >= 4 is 34.8 Å². The molecule has 0 spiro atoms. The second kappa shape index (κ2) is 11.8. The molecule has 0 radical (unpaired) electrons. The zero-order valence-electron chi connectivity index (χ0n) is 16.5. The molecule has 29 heavy (non-hydrogen) atoms. The van der Waals surface area contributed by atoms with Gasteiger partial charge in [-0.25, -0.2) is 0 Å². The predicted octanol–water partition coefficient (Wildman–Crippen LogP) is 2.98. The third kappa shape index (κ3) is 7.17. The molecule has 0 aliphatic carbocycles. The molecular weight excluding hydrogens is 390 g/mol. The van der Waals surface area contributed by atoms with Crippen molar-refractivity contribution in [3.05, 3.63) is 59.7 Å². The molecule has 0 fully saturated rings. The van der Waals surface area contributed by atoms with Gasteiger partial charge in [0.05, 0.1) is 17.9 Å². The number of thiocarbonyl (C=S) groups is 1. The predicted molar refractivity (Wildman–Crippen MR) is 117 cm³/mol. The van der Waals surface area contributed by atoms with Gasteiger partial charge in [-0.05, 0) is 55.9 Å². The van der Waals surface area contributed by atoms with E-state index in [9.17, 15) is 9.59 Å². The molecule has 0 atom stereocenters. The number of carbonyl (C=O) groups is 2. The Balaban J connectivity index is 1.99. The second-order valence-electron chi connectivity index (χ2n) is 6.02. The van der Waals surface area contributed by atoms with Crippen molar-refractivity contribution in [3.8, 4) is 5.75 Å². The third-order valence-corrected chi connectivity index (χ3v) is 4.07. The summed E-state index contributed by atoms with van der Waals surface area (Å²) in [6.07, 6.45) is 0.715. The topological polar surface area (TPSA) is 88.7 Å². The summed E-state index contributed by atoms with van der Waals surface area (Å²) >= 11 is 5.24. The number of rotatable bonds is 9. The maximum Gasteiger partial charge on any atom is 0.257 e. The van der Waals surface area contributed by atoms with Crippen molar-refractivity contribution in [2.75, 3.05) is 32.2 Å². The summed E-state index contributed by atoms with van der Waals surface area (Å²) in [4.78, 5) is 24.9. The number of hydrogen-bond donors (Lipinski definition) is 3. The minimum Gasteiger partial charge on any atom is -0.494 e. The van der Waals surface area contributed by atoms with E-state index >= 15 is 0 Å². The Hall–Kier alpha value is -2.97. The molecule has 0 aliphatic heterocycles. The summed E-state index contributed by atoms with van der Waals surface area (Å²) in [6, 6.07) is 13.8. The Morgan fingerprint density at radius 3 is 2.62 bits per heavy atom. The minimum absolute atomic E-state index is 0.0939. The maximum absolute atomic E-state index is 12.4. The van der Waals surface area contributed by atoms with Gasteiger partial charge < -0.3 is 20.1 Å². The van der Waals surface area contributed by atoms with Crippen LogP contribution in [0.25, 0.3) is 0 Å². The van der Waals surface area contributed by atoms with Crippen LogP contribution in [-0.4, -0.2) is 43.8 Å². The van der Waals surface area contributed by atoms with Crippen molar-refractivity contribution in [2.45, 2.75) is 13.3 Å². The molecule has 0 aromatic heterocycles. The highest BCUT2D eigenvalue weighted by Crippen LogP contribution is 2.16. The summed E-state index contributed by atoms with van der Waals surface area (Å²) in [5, 5.41) is 8.46. The number of benzene rings is 2. The summed E-state index contributed by atoms with van der Waals surface area (Å²) in [5.41, 5.74) is 1.36. The first-order valence-electron chi connectivity index (χ1n) is 9.26. The fourth-order valence-electron chi connectivity index (χ4n) is 2.53. The van der Waals surface area contributed by atoms with Gasteiger partial charge in [0.15, 0.2) is 5.11 Å². The van der Waals surface area contributed by atoms with E-state index in [2.05, 4.69) is 16.0 Å². The Morgan fingerprint density at radius 2 is 1.86 bits per heavy atom. The normalized spacial score (nSPS) is 10.1. The van der Waals surface area contributed by atoms with Gasteiger partial charge in [-0.1, -0.05) is 18.2 Å². The zero-order chi connectivity index (χ0) is 21.1. The molecule has 0 aliphatic rings. The van der Waals surface area contributed by atoms with E-state index in [0.717, 1.165) is 0 Å². The van der Waals surface area contributed by atoms with E-state index in [1.165, 1.54) is 0 Å².